The van der Waals surface area contributed by atoms with E-state index in [4.69, 9.17) is 0 Å². The van der Waals surface area contributed by atoms with Gasteiger partial charge in [0.15, 0.2) is 6.72 Å². The van der Waals surface area contributed by atoms with Crippen LogP contribution in [0.1, 0.15) is 0 Å². The van der Waals surface area contributed by atoms with Crippen molar-refractivity contribution in [1.29, 1.82) is 0 Å². The quantitative estimate of drug-likeness (QED) is 0.399. The normalized spacial score (nSPS) is 10.6. The fourth-order valence-electron chi connectivity index (χ4n) is 0.462. The van der Waals surface area contributed by atoms with Gasteiger partial charge >= 0.3 is 0 Å². The second-order valence-electron chi connectivity index (χ2n) is 2.04. The van der Waals surface area contributed by atoms with Crippen molar-refractivity contribution in [2.75, 3.05) is 26.7 Å². The molecule has 0 aliphatic carbocycles. The zero-order valence-electron chi connectivity index (χ0n) is 5.47. The van der Waals surface area contributed by atoms with Crippen LogP contribution in [0.2, 0.25) is 0 Å². The van der Waals surface area contributed by atoms with Crippen molar-refractivity contribution in [1.82, 2.24) is 0 Å². The molecule has 0 heterocycles. The molecule has 0 amide bonds. The first-order chi connectivity index (χ1) is 3.13. The molecule has 0 saturated heterocycles. The predicted molar refractivity (Wildman–Crippen MR) is 43.3 cm³/mol. The van der Waals surface area contributed by atoms with Crippen LogP contribution in [0.4, 0.5) is 0 Å². The Morgan fingerprint density at radius 2 is 1.14 bits per heavy atom. The van der Waals surface area contributed by atoms with E-state index in [9.17, 15) is 0 Å². The Labute approximate surface area is 49.7 Å². The lowest BCUT2D eigenvalue weighted by atomic mass is 10.7. The summed E-state index contributed by atoms with van der Waals surface area (Å²) in [6.07, 6.45) is 0. The fourth-order valence-corrected chi connectivity index (χ4v) is 4.16. The molecule has 0 aliphatic heterocycles. The van der Waals surface area contributed by atoms with Crippen LogP contribution in [0.5, 0.6) is 0 Å². The maximum Gasteiger partial charge on any atom is 0.179 e. The standard InChI is InChI=1S/C4H12BP2/c1-6(2)5-7(3)4/h1-4H3. The van der Waals surface area contributed by atoms with Crippen LogP contribution in [0.3, 0.4) is 0 Å². The van der Waals surface area contributed by atoms with Gasteiger partial charge in [0.05, 0.1) is 0 Å². The van der Waals surface area contributed by atoms with Crippen LogP contribution in [0.25, 0.3) is 0 Å². The summed E-state index contributed by atoms with van der Waals surface area (Å²) in [4.78, 5) is 0. The van der Waals surface area contributed by atoms with Gasteiger partial charge in [0.1, 0.15) is 0 Å². The third kappa shape index (κ3) is 6.92. The van der Waals surface area contributed by atoms with Crippen LogP contribution in [-0.2, 0) is 0 Å². The first kappa shape index (κ1) is 7.92. The Morgan fingerprint density at radius 1 is 0.857 bits per heavy atom. The summed E-state index contributed by atoms with van der Waals surface area (Å²) in [6.45, 7) is 11.6. The van der Waals surface area contributed by atoms with Gasteiger partial charge in [-0.05, 0) is 0 Å². The Balaban J connectivity index is 2.95. The Bertz CT molecular complexity index is 39.0. The van der Waals surface area contributed by atoms with Gasteiger partial charge in [0.2, 0.25) is 0 Å². The average molecular weight is 133 g/mol. The maximum absolute atomic E-state index is 2.46. The highest BCUT2D eigenvalue weighted by molar-refractivity contribution is 8.13. The van der Waals surface area contributed by atoms with E-state index in [1.165, 1.54) is 0 Å². The lowest BCUT2D eigenvalue weighted by molar-refractivity contribution is 2.27. The molecule has 7 heavy (non-hydrogen) atoms. The van der Waals surface area contributed by atoms with Crippen LogP contribution in [0, 0.1) is 0 Å². The molecular weight excluding hydrogens is 121 g/mol. The van der Waals surface area contributed by atoms with Gasteiger partial charge in [0.25, 0.3) is 0 Å². The van der Waals surface area contributed by atoms with Gasteiger partial charge in [-0.15, -0.1) is 15.6 Å². The van der Waals surface area contributed by atoms with Gasteiger partial charge in [0, 0.05) is 0 Å². The minimum atomic E-state index is 0.264. The molecule has 0 atom stereocenters. The van der Waals surface area contributed by atoms with E-state index in [-0.39, 0.29) is 15.6 Å². The van der Waals surface area contributed by atoms with Crippen molar-refractivity contribution < 1.29 is 0 Å². The summed E-state index contributed by atoms with van der Waals surface area (Å²) in [6, 6.07) is 0. The average Bonchev–Trinajstić information content (AvgIpc) is 1.27. The molecule has 41 valence electrons. The van der Waals surface area contributed by atoms with E-state index in [1.807, 2.05) is 0 Å². The fraction of sp³-hybridized carbons (Fsp3) is 1.00. The molecule has 0 rings (SSSR count). The van der Waals surface area contributed by atoms with Gasteiger partial charge in [-0.1, -0.05) is 26.7 Å². The Morgan fingerprint density at radius 3 is 1.14 bits per heavy atom. The van der Waals surface area contributed by atoms with E-state index in [0.717, 1.165) is 0 Å². The second kappa shape index (κ2) is 3.87. The third-order valence-corrected chi connectivity index (χ3v) is 4.16. The highest BCUT2D eigenvalue weighted by atomic mass is 31.2. The van der Waals surface area contributed by atoms with Crippen molar-refractivity contribution in [3.8, 4) is 0 Å². The molecule has 0 aromatic heterocycles. The summed E-state index contributed by atoms with van der Waals surface area (Å²) >= 11 is 0. The molecule has 0 aliphatic rings. The summed E-state index contributed by atoms with van der Waals surface area (Å²) in [7, 11) is 0.528. The maximum atomic E-state index is 2.46. The summed E-state index contributed by atoms with van der Waals surface area (Å²) < 4.78 is 0. The molecule has 0 spiro atoms. The van der Waals surface area contributed by atoms with Crippen LogP contribution in [0.15, 0.2) is 0 Å². The highest BCUT2D eigenvalue weighted by Gasteiger charge is 1.97. The van der Waals surface area contributed by atoms with Crippen molar-refractivity contribution in [3.05, 3.63) is 0 Å². The number of hydrogen-bond donors (Lipinski definition) is 0. The molecule has 0 unspecified atom stereocenters. The first-order valence-electron chi connectivity index (χ1n) is 2.31. The molecule has 0 bridgehead atoms. The SMILES string of the molecule is CP(C)[B]P(C)C. The minimum Gasteiger partial charge on any atom is -0.148 e. The van der Waals surface area contributed by atoms with Crippen LogP contribution >= 0.6 is 15.6 Å². The molecule has 0 nitrogen and oxygen atoms in total. The van der Waals surface area contributed by atoms with Gasteiger partial charge < -0.3 is 0 Å². The molecule has 0 saturated carbocycles. The van der Waals surface area contributed by atoms with Gasteiger partial charge in [-0.25, -0.2) is 0 Å². The molecule has 0 aromatic rings. The largest absolute Gasteiger partial charge is 0.179 e. The first-order valence-corrected chi connectivity index (χ1v) is 6.92. The molecular formula is C4H12BP2. The molecule has 0 N–H and O–H groups in total. The highest BCUT2D eigenvalue weighted by Crippen LogP contribution is 2.37. The Kier molecular flexibility index (Phi) is 4.38. The monoisotopic (exact) mass is 133 g/mol. The van der Waals surface area contributed by atoms with Gasteiger partial charge in [-0.2, -0.15) is 0 Å². The van der Waals surface area contributed by atoms with E-state index in [1.54, 1.807) is 0 Å². The van der Waals surface area contributed by atoms with Crippen molar-refractivity contribution in [2.45, 2.75) is 0 Å². The van der Waals surface area contributed by atoms with Crippen molar-refractivity contribution in [2.24, 2.45) is 0 Å². The second-order valence-corrected chi connectivity index (χ2v) is 6.82. The van der Waals surface area contributed by atoms with Crippen LogP contribution in [-0.4, -0.2) is 33.4 Å². The van der Waals surface area contributed by atoms with E-state index in [0.29, 0.717) is 0 Å². The third-order valence-electron chi connectivity index (χ3n) is 0.462. The smallest absolute Gasteiger partial charge is 0.148 e. The van der Waals surface area contributed by atoms with Crippen molar-refractivity contribution >= 4 is 22.3 Å². The van der Waals surface area contributed by atoms with E-state index >= 15 is 0 Å². The van der Waals surface area contributed by atoms with Crippen molar-refractivity contribution in [3.63, 3.8) is 0 Å². The van der Waals surface area contributed by atoms with E-state index in [2.05, 4.69) is 33.4 Å². The Hall–Kier alpha value is 0.925. The lowest BCUT2D eigenvalue weighted by Gasteiger charge is -2.05. The summed E-state index contributed by atoms with van der Waals surface area (Å²) in [5.41, 5.74) is 0. The molecule has 0 aromatic carbocycles. The predicted octanol–water partition coefficient (Wildman–Crippen LogP) is 2.00. The number of hydrogen-bond acceptors (Lipinski definition) is 0. The topological polar surface area (TPSA) is 0 Å². The molecule has 1 radical (unpaired) electrons. The lowest BCUT2D eigenvalue weighted by Crippen LogP contribution is -1.80. The molecule has 0 fully saturated rings. The minimum absolute atomic E-state index is 0.264. The van der Waals surface area contributed by atoms with E-state index < -0.39 is 0 Å². The summed E-state index contributed by atoms with van der Waals surface area (Å²) in [5, 5.41) is 0. The van der Waals surface area contributed by atoms with Gasteiger partial charge in [-0.3, -0.25) is 0 Å². The zero-order valence-corrected chi connectivity index (χ0v) is 7.26. The number of rotatable bonds is 2. The molecule has 3 heteroatoms. The summed E-state index contributed by atoms with van der Waals surface area (Å²) in [5.74, 6) is 0. The van der Waals surface area contributed by atoms with Crippen LogP contribution < -0.4 is 0 Å². The zero-order chi connectivity index (χ0) is 5.86.